The van der Waals surface area contributed by atoms with E-state index in [2.05, 4.69) is 0 Å². The molecule has 4 heteroatoms. The summed E-state index contributed by atoms with van der Waals surface area (Å²) in [7, 11) is 0. The van der Waals surface area contributed by atoms with E-state index in [-0.39, 0.29) is 5.91 Å². The van der Waals surface area contributed by atoms with E-state index >= 15 is 0 Å². The second kappa shape index (κ2) is 4.99. The summed E-state index contributed by atoms with van der Waals surface area (Å²) >= 11 is 0. The highest BCUT2D eigenvalue weighted by molar-refractivity contribution is 5.92. The first kappa shape index (κ1) is 12.7. The van der Waals surface area contributed by atoms with Gasteiger partial charge in [0.1, 0.15) is 6.04 Å². The van der Waals surface area contributed by atoms with E-state index in [4.69, 9.17) is 0 Å². The van der Waals surface area contributed by atoms with Crippen LogP contribution in [0.15, 0.2) is 11.6 Å². The first-order valence-corrected chi connectivity index (χ1v) is 7.41. The van der Waals surface area contributed by atoms with Gasteiger partial charge in [-0.15, -0.1) is 0 Å². The third-order valence-electron chi connectivity index (χ3n) is 4.46. The Kier molecular flexibility index (Phi) is 3.33. The maximum absolute atomic E-state index is 12.4. The number of rotatable bonds is 4. The highest BCUT2D eigenvalue weighted by Crippen LogP contribution is 2.48. The molecule has 0 radical (unpaired) electrons. The fourth-order valence-electron chi connectivity index (χ4n) is 3.08. The van der Waals surface area contributed by atoms with E-state index in [0.29, 0.717) is 24.8 Å². The van der Waals surface area contributed by atoms with Gasteiger partial charge in [-0.05, 0) is 56.8 Å². The molecule has 3 fully saturated rings. The number of carbonyl (C=O) groups excluding carboxylic acids is 1. The van der Waals surface area contributed by atoms with Crippen molar-refractivity contribution < 1.29 is 14.7 Å². The van der Waals surface area contributed by atoms with Crippen molar-refractivity contribution >= 4 is 11.9 Å². The van der Waals surface area contributed by atoms with Gasteiger partial charge in [0.15, 0.2) is 0 Å². The number of amides is 1. The zero-order valence-electron chi connectivity index (χ0n) is 11.2. The van der Waals surface area contributed by atoms with Crippen molar-refractivity contribution in [1.29, 1.82) is 0 Å². The quantitative estimate of drug-likeness (QED) is 0.791. The van der Waals surface area contributed by atoms with E-state index in [0.717, 1.165) is 12.8 Å². The Morgan fingerprint density at radius 2 is 1.63 bits per heavy atom. The van der Waals surface area contributed by atoms with Gasteiger partial charge >= 0.3 is 5.97 Å². The molecule has 3 rings (SSSR count). The molecule has 104 valence electrons. The van der Waals surface area contributed by atoms with Crippen LogP contribution in [-0.4, -0.2) is 34.5 Å². The van der Waals surface area contributed by atoms with E-state index in [9.17, 15) is 14.7 Å². The largest absolute Gasteiger partial charge is 0.480 e. The number of carboxylic acids is 1. The monoisotopic (exact) mass is 263 g/mol. The molecule has 0 aromatic rings. The van der Waals surface area contributed by atoms with Crippen molar-refractivity contribution in [1.82, 2.24) is 4.90 Å². The van der Waals surface area contributed by atoms with Crippen molar-refractivity contribution in [3.8, 4) is 0 Å². The average molecular weight is 263 g/mol. The van der Waals surface area contributed by atoms with E-state index < -0.39 is 12.0 Å². The van der Waals surface area contributed by atoms with Crippen LogP contribution in [0.3, 0.4) is 0 Å². The van der Waals surface area contributed by atoms with Crippen LogP contribution in [0, 0.1) is 11.8 Å². The Labute approximate surface area is 113 Å². The lowest BCUT2D eigenvalue weighted by Crippen LogP contribution is -2.47. The van der Waals surface area contributed by atoms with Gasteiger partial charge in [-0.25, -0.2) is 4.79 Å². The average Bonchev–Trinajstić information content (AvgIpc) is 3.29. The minimum atomic E-state index is -0.860. The lowest BCUT2D eigenvalue weighted by Gasteiger charge is -2.32. The minimum absolute atomic E-state index is 0.0686. The normalized spacial score (nSPS) is 26.9. The molecule has 3 aliphatic rings. The summed E-state index contributed by atoms with van der Waals surface area (Å²) in [6, 6.07) is -0.614. The lowest BCUT2D eigenvalue weighted by molar-refractivity contribution is -0.150. The predicted molar refractivity (Wildman–Crippen MR) is 70.5 cm³/mol. The van der Waals surface area contributed by atoms with Gasteiger partial charge in [-0.3, -0.25) is 4.79 Å². The van der Waals surface area contributed by atoms with Crippen molar-refractivity contribution in [2.24, 2.45) is 11.8 Å². The van der Waals surface area contributed by atoms with Crippen LogP contribution in [-0.2, 0) is 9.59 Å². The molecule has 0 aromatic heterocycles. The molecule has 0 aromatic carbocycles. The summed E-state index contributed by atoms with van der Waals surface area (Å²) < 4.78 is 0. The molecule has 2 aliphatic carbocycles. The topological polar surface area (TPSA) is 57.6 Å². The van der Waals surface area contributed by atoms with Crippen LogP contribution in [0.1, 0.15) is 44.9 Å². The Morgan fingerprint density at radius 1 is 1.00 bits per heavy atom. The number of carbonyl (C=O) groups is 2. The Hall–Kier alpha value is -1.32. The Bertz CT molecular complexity index is 407. The second-order valence-corrected chi connectivity index (χ2v) is 6.07. The van der Waals surface area contributed by atoms with Gasteiger partial charge in [-0.1, -0.05) is 5.57 Å². The van der Waals surface area contributed by atoms with Crippen molar-refractivity contribution in [3.63, 3.8) is 0 Å². The van der Waals surface area contributed by atoms with Gasteiger partial charge in [-0.2, -0.15) is 0 Å². The van der Waals surface area contributed by atoms with Gasteiger partial charge < -0.3 is 10.0 Å². The minimum Gasteiger partial charge on any atom is -0.480 e. The van der Waals surface area contributed by atoms with Crippen LogP contribution in [0.25, 0.3) is 0 Å². The summed E-state index contributed by atoms with van der Waals surface area (Å²) in [6.07, 6.45) is 9.02. The molecule has 4 nitrogen and oxygen atoms in total. The zero-order chi connectivity index (χ0) is 13.4. The predicted octanol–water partition coefficient (Wildman–Crippen LogP) is 2.20. The van der Waals surface area contributed by atoms with Gasteiger partial charge in [0.05, 0.1) is 0 Å². The molecular formula is C15H21NO3. The fraction of sp³-hybridized carbons (Fsp3) is 0.733. The molecule has 1 N–H and O–H groups in total. The number of hydrogen-bond donors (Lipinski definition) is 1. The SMILES string of the molecule is O=C(O)[C@@H]1CCCCN1C(=O)C=C(C1CC1)C1CC1. The number of piperidine rings is 1. The summed E-state index contributed by atoms with van der Waals surface area (Å²) in [6.45, 7) is 0.592. The number of aliphatic carboxylic acids is 1. The Balaban J connectivity index is 1.73. The van der Waals surface area contributed by atoms with Gasteiger partial charge in [0, 0.05) is 12.6 Å². The molecule has 1 atom stereocenters. The van der Waals surface area contributed by atoms with E-state index in [1.54, 1.807) is 11.0 Å². The molecule has 19 heavy (non-hydrogen) atoms. The van der Waals surface area contributed by atoms with Crippen LogP contribution in [0.4, 0.5) is 0 Å². The number of carboxylic acid groups (broad SMARTS) is 1. The standard InChI is InChI=1S/C15H21NO3/c17-14(9-12(10-4-5-10)11-6-7-11)16-8-2-1-3-13(16)15(18)19/h9-11,13H,1-8H2,(H,18,19)/t13-/m0/s1. The second-order valence-electron chi connectivity index (χ2n) is 6.07. The first-order valence-electron chi connectivity index (χ1n) is 7.41. The first-order chi connectivity index (χ1) is 9.16. The van der Waals surface area contributed by atoms with Crippen LogP contribution >= 0.6 is 0 Å². The summed E-state index contributed by atoms with van der Waals surface area (Å²) in [5.74, 6) is 0.302. The molecule has 1 aliphatic heterocycles. The molecule has 1 heterocycles. The number of hydrogen-bond acceptors (Lipinski definition) is 2. The molecular weight excluding hydrogens is 242 g/mol. The number of likely N-dealkylation sites (tertiary alicyclic amines) is 1. The van der Waals surface area contributed by atoms with Crippen molar-refractivity contribution in [2.45, 2.75) is 51.0 Å². The third-order valence-corrected chi connectivity index (χ3v) is 4.46. The lowest BCUT2D eigenvalue weighted by atomic mass is 10.0. The molecule has 1 saturated heterocycles. The number of allylic oxidation sites excluding steroid dienone is 1. The molecule has 0 spiro atoms. The summed E-state index contributed by atoms with van der Waals surface area (Å²) in [4.78, 5) is 25.2. The van der Waals surface area contributed by atoms with Crippen molar-refractivity contribution in [3.05, 3.63) is 11.6 Å². The third kappa shape index (κ3) is 2.82. The maximum atomic E-state index is 12.4. The summed E-state index contributed by atoms with van der Waals surface area (Å²) in [5.41, 5.74) is 1.31. The van der Waals surface area contributed by atoms with Gasteiger partial charge in [0.25, 0.3) is 0 Å². The molecule has 0 bridgehead atoms. The molecule has 1 amide bonds. The van der Waals surface area contributed by atoms with E-state index in [1.165, 1.54) is 31.3 Å². The van der Waals surface area contributed by atoms with Crippen LogP contribution < -0.4 is 0 Å². The van der Waals surface area contributed by atoms with E-state index in [1.807, 2.05) is 0 Å². The fourth-order valence-corrected chi connectivity index (χ4v) is 3.08. The van der Waals surface area contributed by atoms with Gasteiger partial charge in [0.2, 0.25) is 5.91 Å². The van der Waals surface area contributed by atoms with Crippen LogP contribution in [0.5, 0.6) is 0 Å². The molecule has 0 unspecified atom stereocenters. The highest BCUT2D eigenvalue weighted by atomic mass is 16.4. The number of nitrogens with zero attached hydrogens (tertiary/aromatic N) is 1. The van der Waals surface area contributed by atoms with Crippen molar-refractivity contribution in [2.75, 3.05) is 6.54 Å². The highest BCUT2D eigenvalue weighted by Gasteiger charge is 2.38. The maximum Gasteiger partial charge on any atom is 0.326 e. The smallest absolute Gasteiger partial charge is 0.326 e. The molecule has 2 saturated carbocycles. The zero-order valence-corrected chi connectivity index (χ0v) is 11.2. The Morgan fingerprint density at radius 3 is 2.16 bits per heavy atom. The van der Waals surface area contributed by atoms with Crippen LogP contribution in [0.2, 0.25) is 0 Å². The summed E-state index contributed by atoms with van der Waals surface area (Å²) in [5, 5.41) is 9.22.